The number of anilines is 3. The Labute approximate surface area is 225 Å². The minimum absolute atomic E-state index is 0.245. The highest BCUT2D eigenvalue weighted by atomic mass is 19.1. The second kappa shape index (κ2) is 9.90. The zero-order valence-corrected chi connectivity index (χ0v) is 22.0. The van der Waals surface area contributed by atoms with Gasteiger partial charge in [-0.3, -0.25) is 4.79 Å². The van der Waals surface area contributed by atoms with Crippen molar-refractivity contribution in [2.24, 2.45) is 0 Å². The van der Waals surface area contributed by atoms with E-state index in [1.165, 1.54) is 21.6 Å². The number of halogens is 1. The minimum Gasteiger partial charge on any atom is -0.384 e. The van der Waals surface area contributed by atoms with E-state index in [-0.39, 0.29) is 11.9 Å². The third-order valence-corrected chi connectivity index (χ3v) is 7.47. The minimum atomic E-state index is -1.26. The molecule has 1 aromatic carbocycles. The molecule has 1 saturated heterocycles. The molecule has 2 aliphatic rings. The molecule has 4 aromatic rings. The number of likely N-dealkylation sites (N-methyl/N-ethyl adjacent to an activating group) is 1. The van der Waals surface area contributed by atoms with Crippen LogP contribution in [0.5, 0.6) is 0 Å². The number of benzene rings is 1. The molecule has 6 rings (SSSR count). The highest BCUT2D eigenvalue weighted by molar-refractivity contribution is 5.77. The molecule has 11 heteroatoms. The highest BCUT2D eigenvalue weighted by Crippen LogP contribution is 2.28. The summed E-state index contributed by atoms with van der Waals surface area (Å²) in [5, 5.41) is 14.5. The summed E-state index contributed by atoms with van der Waals surface area (Å²) in [5.74, 6) is 0.179. The molecule has 0 amide bonds. The molecule has 5 heterocycles. The lowest BCUT2D eigenvalue weighted by Crippen LogP contribution is -2.44. The van der Waals surface area contributed by atoms with E-state index in [0.717, 1.165) is 37.6 Å². The van der Waals surface area contributed by atoms with Crippen molar-refractivity contribution in [3.63, 3.8) is 0 Å². The van der Waals surface area contributed by atoms with Crippen molar-refractivity contribution in [1.29, 1.82) is 0 Å². The highest BCUT2D eigenvalue weighted by Gasteiger charge is 2.27. The van der Waals surface area contributed by atoms with E-state index >= 15 is 0 Å². The molecule has 0 aliphatic carbocycles. The molecular weight excluding hydrogens is 499 g/mol. The maximum atomic E-state index is 14.9. The standard InChI is InChI=1S/C28H31FN8O2/c1-28(39)12-4-5-19(29)18-36-26(38)22-17-30-27(33-25(22)37(36)24-7-3-6-23(28)32-24)31-20-8-10-21(11-9-20)35-15-13-34(2)14-16-35/h3,5-11,17,39H,4,12-16,18H2,1-2H3,(H,30,31,33)/b19-5-/t28-/m1/s1. The fourth-order valence-electron chi connectivity index (χ4n) is 5.10. The van der Waals surface area contributed by atoms with Gasteiger partial charge in [0.15, 0.2) is 11.5 Å². The van der Waals surface area contributed by atoms with Gasteiger partial charge in [-0.15, -0.1) is 0 Å². The maximum Gasteiger partial charge on any atom is 0.278 e. The zero-order chi connectivity index (χ0) is 27.1. The summed E-state index contributed by atoms with van der Waals surface area (Å²) in [6.45, 7) is 5.41. The van der Waals surface area contributed by atoms with Crippen LogP contribution in [0.4, 0.5) is 21.7 Å². The van der Waals surface area contributed by atoms with Crippen LogP contribution in [0.1, 0.15) is 25.5 Å². The number of aliphatic hydroxyl groups is 1. The van der Waals surface area contributed by atoms with Gasteiger partial charge >= 0.3 is 0 Å². The average molecular weight is 531 g/mol. The first-order valence-electron chi connectivity index (χ1n) is 13.1. The van der Waals surface area contributed by atoms with E-state index in [9.17, 15) is 14.3 Å². The van der Waals surface area contributed by atoms with Crippen molar-refractivity contribution in [3.8, 4) is 5.82 Å². The van der Waals surface area contributed by atoms with Crippen LogP contribution < -0.4 is 15.8 Å². The Balaban J connectivity index is 1.38. The summed E-state index contributed by atoms with van der Waals surface area (Å²) >= 11 is 0. The monoisotopic (exact) mass is 530 g/mol. The zero-order valence-electron chi connectivity index (χ0n) is 22.0. The van der Waals surface area contributed by atoms with Crippen molar-refractivity contribution in [1.82, 2.24) is 29.2 Å². The van der Waals surface area contributed by atoms with Crippen LogP contribution in [0, 0.1) is 0 Å². The topological polar surface area (TPSA) is 104 Å². The summed E-state index contributed by atoms with van der Waals surface area (Å²) in [5.41, 5.74) is 1.01. The number of fused-ring (bicyclic) bond motifs is 6. The van der Waals surface area contributed by atoms with Gasteiger partial charge in [0.2, 0.25) is 5.95 Å². The Morgan fingerprint density at radius 2 is 1.82 bits per heavy atom. The normalized spacial score (nSPS) is 21.6. The molecule has 2 N–H and O–H groups in total. The number of allylic oxidation sites excluding steroid dienone is 2. The fourth-order valence-corrected chi connectivity index (χ4v) is 5.10. The Morgan fingerprint density at radius 3 is 2.59 bits per heavy atom. The lowest BCUT2D eigenvalue weighted by Gasteiger charge is -2.34. The largest absolute Gasteiger partial charge is 0.384 e. The van der Waals surface area contributed by atoms with Gasteiger partial charge in [-0.25, -0.2) is 23.7 Å². The quantitative estimate of drug-likeness (QED) is 0.416. The molecule has 3 aromatic heterocycles. The molecule has 1 fully saturated rings. The van der Waals surface area contributed by atoms with Gasteiger partial charge in [0.25, 0.3) is 5.56 Å². The first kappa shape index (κ1) is 25.2. The number of piperazine rings is 1. The van der Waals surface area contributed by atoms with E-state index in [0.29, 0.717) is 35.9 Å². The van der Waals surface area contributed by atoms with Gasteiger partial charge in [-0.1, -0.05) is 12.1 Å². The lowest BCUT2D eigenvalue weighted by molar-refractivity contribution is 0.0442. The SMILES string of the molecule is CN1CCN(c2ccc(Nc3ncc4c(=O)n5n(c4n3)-c3cccc(n3)[C@](C)(O)CC/C=C(\F)C5)cc2)CC1. The molecule has 0 unspecified atom stereocenters. The summed E-state index contributed by atoms with van der Waals surface area (Å²) in [6, 6.07) is 13.3. The summed E-state index contributed by atoms with van der Waals surface area (Å²) in [4.78, 5) is 31.7. The Kier molecular flexibility index (Phi) is 6.40. The first-order chi connectivity index (χ1) is 18.8. The van der Waals surface area contributed by atoms with Crippen molar-refractivity contribution in [2.45, 2.75) is 31.9 Å². The molecule has 0 saturated carbocycles. The predicted octanol–water partition coefficient (Wildman–Crippen LogP) is 3.33. The molecule has 202 valence electrons. The number of nitrogens with one attached hydrogen (secondary N) is 1. The van der Waals surface area contributed by atoms with Gasteiger partial charge in [0.1, 0.15) is 16.8 Å². The van der Waals surface area contributed by atoms with Crippen molar-refractivity contribution in [3.05, 3.63) is 76.6 Å². The van der Waals surface area contributed by atoms with Crippen molar-refractivity contribution in [2.75, 3.05) is 43.4 Å². The molecule has 10 nitrogen and oxygen atoms in total. The molecule has 0 radical (unpaired) electrons. The Morgan fingerprint density at radius 1 is 1.05 bits per heavy atom. The van der Waals surface area contributed by atoms with E-state index in [4.69, 9.17) is 0 Å². The second-order valence-electron chi connectivity index (χ2n) is 10.4. The number of hydrogen-bond donors (Lipinski definition) is 2. The summed E-state index contributed by atoms with van der Waals surface area (Å²) in [6.07, 6.45) is 3.46. The van der Waals surface area contributed by atoms with Crippen LogP contribution in [0.3, 0.4) is 0 Å². The summed E-state index contributed by atoms with van der Waals surface area (Å²) < 4.78 is 17.7. The molecule has 2 aliphatic heterocycles. The van der Waals surface area contributed by atoms with Gasteiger partial charge < -0.3 is 20.2 Å². The van der Waals surface area contributed by atoms with Crippen LogP contribution in [0.2, 0.25) is 0 Å². The molecule has 1 atom stereocenters. The maximum absolute atomic E-state index is 14.9. The van der Waals surface area contributed by atoms with Crippen molar-refractivity contribution >= 4 is 28.4 Å². The molecule has 39 heavy (non-hydrogen) atoms. The molecule has 2 bridgehead atoms. The molecular formula is C28H31FN8O2. The van der Waals surface area contributed by atoms with Gasteiger partial charge in [-0.05, 0) is 63.2 Å². The third-order valence-electron chi connectivity index (χ3n) is 7.47. The van der Waals surface area contributed by atoms with Crippen LogP contribution in [-0.2, 0) is 12.1 Å². The lowest BCUT2D eigenvalue weighted by atomic mass is 9.95. The Hall–Kier alpha value is -4.09. The smallest absolute Gasteiger partial charge is 0.278 e. The van der Waals surface area contributed by atoms with E-state index in [1.807, 2.05) is 12.1 Å². The second-order valence-corrected chi connectivity index (χ2v) is 10.4. The van der Waals surface area contributed by atoms with Crippen molar-refractivity contribution < 1.29 is 9.50 Å². The van der Waals surface area contributed by atoms with E-state index in [1.54, 1.807) is 25.1 Å². The van der Waals surface area contributed by atoms with Gasteiger partial charge in [0, 0.05) is 43.8 Å². The van der Waals surface area contributed by atoms with E-state index in [2.05, 4.69) is 49.2 Å². The van der Waals surface area contributed by atoms with Crippen LogP contribution in [0.25, 0.3) is 16.9 Å². The van der Waals surface area contributed by atoms with Gasteiger partial charge in [0.05, 0.1) is 12.2 Å². The fraction of sp³-hybridized carbons (Fsp3) is 0.357. The van der Waals surface area contributed by atoms with Crippen LogP contribution >= 0.6 is 0 Å². The van der Waals surface area contributed by atoms with E-state index < -0.39 is 17.0 Å². The first-order valence-corrected chi connectivity index (χ1v) is 13.1. The number of aromatic nitrogens is 5. The number of rotatable bonds is 3. The van der Waals surface area contributed by atoms with Crippen LogP contribution in [0.15, 0.2) is 65.4 Å². The number of pyridine rings is 1. The van der Waals surface area contributed by atoms with Gasteiger partial charge in [-0.2, -0.15) is 4.98 Å². The average Bonchev–Trinajstić information content (AvgIpc) is 3.19. The summed E-state index contributed by atoms with van der Waals surface area (Å²) in [7, 11) is 2.13. The number of hydrogen-bond acceptors (Lipinski definition) is 8. The molecule has 0 spiro atoms. The Bertz CT molecular complexity index is 1600. The number of nitrogens with zero attached hydrogens (tertiary/aromatic N) is 7. The third kappa shape index (κ3) is 4.90. The van der Waals surface area contributed by atoms with Crippen LogP contribution in [-0.4, -0.2) is 67.5 Å². The predicted molar refractivity (Wildman–Crippen MR) is 148 cm³/mol.